The van der Waals surface area contributed by atoms with E-state index in [1.54, 1.807) is 0 Å². The minimum atomic E-state index is 0.727. The molecule has 0 unspecified atom stereocenters. The average molecular weight is 585 g/mol. The molecule has 0 aliphatic heterocycles. The van der Waals surface area contributed by atoms with Crippen molar-refractivity contribution >= 4 is 43.1 Å². The van der Waals surface area contributed by atoms with Gasteiger partial charge in [0.25, 0.3) is 0 Å². The van der Waals surface area contributed by atoms with E-state index >= 15 is 0 Å². The highest BCUT2D eigenvalue weighted by atomic mass is 14.9. The van der Waals surface area contributed by atoms with Crippen LogP contribution in [-0.2, 0) is 0 Å². The maximum atomic E-state index is 4.97. The predicted molar refractivity (Wildman–Crippen MR) is 194 cm³/mol. The number of aromatic nitrogens is 2. The standard InChI is InChI=1S/C44H28N2/c1-3-11-29(12-4-1)32-21-24-40-41(26-32)42(34-22-23-37-33(25-34)20-19-31-15-7-8-16-36(31)37)38-17-9-10-18-39(38)43(40)44-45-27-35(28-46-44)30-13-5-2-6-14-30/h1-28H. The van der Waals surface area contributed by atoms with Gasteiger partial charge in [0.2, 0.25) is 0 Å². The number of fused-ring (bicyclic) bond motifs is 5. The van der Waals surface area contributed by atoms with E-state index in [0.717, 1.165) is 33.3 Å². The molecule has 0 amide bonds. The molecule has 0 bridgehead atoms. The van der Waals surface area contributed by atoms with Gasteiger partial charge in [0, 0.05) is 23.5 Å². The van der Waals surface area contributed by atoms with Crippen molar-refractivity contribution in [2.24, 2.45) is 0 Å². The van der Waals surface area contributed by atoms with Crippen LogP contribution in [0.1, 0.15) is 0 Å². The fourth-order valence-electron chi connectivity index (χ4n) is 6.95. The highest BCUT2D eigenvalue weighted by Crippen LogP contribution is 2.45. The lowest BCUT2D eigenvalue weighted by Gasteiger charge is -2.18. The van der Waals surface area contributed by atoms with Crippen LogP contribution in [0.5, 0.6) is 0 Å². The summed E-state index contributed by atoms with van der Waals surface area (Å²) in [5.74, 6) is 0.727. The maximum absolute atomic E-state index is 4.97. The Kier molecular flexibility index (Phi) is 6.17. The van der Waals surface area contributed by atoms with E-state index in [0.29, 0.717) is 0 Å². The summed E-state index contributed by atoms with van der Waals surface area (Å²) in [7, 11) is 0. The average Bonchev–Trinajstić information content (AvgIpc) is 3.14. The number of hydrogen-bond acceptors (Lipinski definition) is 2. The fourth-order valence-corrected chi connectivity index (χ4v) is 6.95. The summed E-state index contributed by atoms with van der Waals surface area (Å²) in [4.78, 5) is 9.93. The minimum absolute atomic E-state index is 0.727. The quantitative estimate of drug-likeness (QED) is 0.152. The van der Waals surface area contributed by atoms with Gasteiger partial charge in [-0.1, -0.05) is 146 Å². The lowest BCUT2D eigenvalue weighted by atomic mass is 9.86. The minimum Gasteiger partial charge on any atom is -0.236 e. The summed E-state index contributed by atoms with van der Waals surface area (Å²) in [6, 6.07) is 56.5. The van der Waals surface area contributed by atoms with E-state index in [9.17, 15) is 0 Å². The maximum Gasteiger partial charge on any atom is 0.160 e. The third-order valence-corrected chi connectivity index (χ3v) is 9.15. The summed E-state index contributed by atoms with van der Waals surface area (Å²) in [6.07, 6.45) is 3.89. The molecule has 1 heterocycles. The zero-order valence-corrected chi connectivity index (χ0v) is 25.1. The second kappa shape index (κ2) is 10.8. The molecule has 9 aromatic rings. The van der Waals surface area contributed by atoms with E-state index in [1.807, 2.05) is 30.6 Å². The number of benzene rings is 8. The molecular formula is C44H28N2. The van der Waals surface area contributed by atoms with Crippen LogP contribution in [-0.4, -0.2) is 9.97 Å². The smallest absolute Gasteiger partial charge is 0.160 e. The lowest BCUT2D eigenvalue weighted by Crippen LogP contribution is -1.95. The lowest BCUT2D eigenvalue weighted by molar-refractivity contribution is 1.19. The van der Waals surface area contributed by atoms with Gasteiger partial charge in [-0.25, -0.2) is 9.97 Å². The number of hydrogen-bond donors (Lipinski definition) is 0. The van der Waals surface area contributed by atoms with Crippen molar-refractivity contribution in [1.82, 2.24) is 9.97 Å². The molecule has 0 radical (unpaired) electrons. The normalized spacial score (nSPS) is 11.5. The molecule has 46 heavy (non-hydrogen) atoms. The van der Waals surface area contributed by atoms with Crippen molar-refractivity contribution in [3.05, 3.63) is 170 Å². The zero-order chi connectivity index (χ0) is 30.5. The highest BCUT2D eigenvalue weighted by molar-refractivity contribution is 6.22. The van der Waals surface area contributed by atoms with Crippen LogP contribution in [0, 0.1) is 0 Å². The van der Waals surface area contributed by atoms with Crippen LogP contribution in [0.4, 0.5) is 0 Å². The van der Waals surface area contributed by atoms with Gasteiger partial charge < -0.3 is 0 Å². The second-order valence-electron chi connectivity index (χ2n) is 11.8. The molecular weight excluding hydrogens is 556 g/mol. The molecule has 9 rings (SSSR count). The highest BCUT2D eigenvalue weighted by Gasteiger charge is 2.19. The van der Waals surface area contributed by atoms with Gasteiger partial charge in [-0.3, -0.25) is 0 Å². The van der Waals surface area contributed by atoms with Crippen molar-refractivity contribution in [1.29, 1.82) is 0 Å². The molecule has 0 saturated heterocycles. The van der Waals surface area contributed by atoms with Crippen LogP contribution in [0.15, 0.2) is 170 Å². The predicted octanol–water partition coefficient (Wildman–Crippen LogP) is 11.8. The fraction of sp³-hybridized carbons (Fsp3) is 0. The Hall–Kier alpha value is -6.12. The summed E-state index contributed by atoms with van der Waals surface area (Å²) >= 11 is 0. The first-order valence-electron chi connectivity index (χ1n) is 15.7. The molecule has 2 heteroatoms. The van der Waals surface area contributed by atoms with Crippen molar-refractivity contribution in [2.45, 2.75) is 0 Å². The molecule has 0 aliphatic rings. The molecule has 0 N–H and O–H groups in total. The Balaban J connectivity index is 1.34. The Morgan fingerprint density at radius 3 is 1.54 bits per heavy atom. The van der Waals surface area contributed by atoms with Crippen LogP contribution in [0.3, 0.4) is 0 Å². The van der Waals surface area contributed by atoms with Gasteiger partial charge in [-0.05, 0) is 83.0 Å². The first-order valence-corrected chi connectivity index (χ1v) is 15.7. The summed E-state index contributed by atoms with van der Waals surface area (Å²) in [5.41, 5.74) is 7.96. The number of nitrogens with zero attached hydrogens (tertiary/aromatic N) is 2. The molecule has 0 aliphatic carbocycles. The van der Waals surface area contributed by atoms with E-state index in [2.05, 4.69) is 140 Å². The van der Waals surface area contributed by atoms with Gasteiger partial charge in [-0.2, -0.15) is 0 Å². The van der Waals surface area contributed by atoms with Crippen molar-refractivity contribution < 1.29 is 0 Å². The third-order valence-electron chi connectivity index (χ3n) is 9.15. The van der Waals surface area contributed by atoms with Crippen LogP contribution in [0.2, 0.25) is 0 Å². The zero-order valence-electron chi connectivity index (χ0n) is 25.1. The van der Waals surface area contributed by atoms with Gasteiger partial charge in [0.1, 0.15) is 0 Å². The van der Waals surface area contributed by atoms with Crippen molar-refractivity contribution in [3.63, 3.8) is 0 Å². The Morgan fingerprint density at radius 1 is 0.283 bits per heavy atom. The first-order chi connectivity index (χ1) is 22.8. The van der Waals surface area contributed by atoms with Gasteiger partial charge in [0.05, 0.1) is 0 Å². The molecule has 8 aromatic carbocycles. The molecule has 0 spiro atoms. The topological polar surface area (TPSA) is 25.8 Å². The van der Waals surface area contributed by atoms with Gasteiger partial charge in [0.15, 0.2) is 5.82 Å². The van der Waals surface area contributed by atoms with E-state index in [-0.39, 0.29) is 0 Å². The Bertz CT molecular complexity index is 2550. The molecule has 0 atom stereocenters. The van der Waals surface area contributed by atoms with Crippen molar-refractivity contribution in [3.8, 4) is 44.8 Å². The monoisotopic (exact) mass is 584 g/mol. The van der Waals surface area contributed by atoms with E-state index < -0.39 is 0 Å². The summed E-state index contributed by atoms with van der Waals surface area (Å²) in [5, 5.41) is 9.69. The SMILES string of the molecule is c1ccc(-c2cnc(-c3c4ccccc4c(-c4ccc5c(ccc6ccccc65)c4)c4cc(-c5ccccc5)ccc34)nc2)cc1. The van der Waals surface area contributed by atoms with Gasteiger partial charge >= 0.3 is 0 Å². The van der Waals surface area contributed by atoms with Crippen LogP contribution < -0.4 is 0 Å². The van der Waals surface area contributed by atoms with Crippen LogP contribution >= 0.6 is 0 Å². The van der Waals surface area contributed by atoms with Gasteiger partial charge in [-0.15, -0.1) is 0 Å². The first kappa shape index (κ1) is 26.3. The molecule has 0 fully saturated rings. The Morgan fingerprint density at radius 2 is 0.804 bits per heavy atom. The molecule has 1 aromatic heterocycles. The largest absolute Gasteiger partial charge is 0.236 e. The molecule has 214 valence electrons. The summed E-state index contributed by atoms with van der Waals surface area (Å²) in [6.45, 7) is 0. The van der Waals surface area contributed by atoms with Crippen molar-refractivity contribution in [2.75, 3.05) is 0 Å². The second-order valence-corrected chi connectivity index (χ2v) is 11.8. The summed E-state index contributed by atoms with van der Waals surface area (Å²) < 4.78 is 0. The van der Waals surface area contributed by atoms with E-state index in [4.69, 9.17) is 9.97 Å². The third kappa shape index (κ3) is 4.35. The van der Waals surface area contributed by atoms with E-state index in [1.165, 1.54) is 54.6 Å². The van der Waals surface area contributed by atoms with Crippen LogP contribution in [0.25, 0.3) is 87.9 Å². The molecule has 2 nitrogen and oxygen atoms in total. The Labute approximate surface area is 267 Å². The molecule has 0 saturated carbocycles. The number of rotatable bonds is 4.